The molecule has 0 atom stereocenters. The summed E-state index contributed by atoms with van der Waals surface area (Å²) in [7, 11) is 0. The minimum Gasteiger partial charge on any atom is -0.357 e. The molecule has 10 heteroatoms. The fraction of sp³-hybridized carbons (Fsp3) is 0.615. The van der Waals surface area contributed by atoms with Gasteiger partial charge in [0.2, 0.25) is 5.91 Å². The molecule has 0 radical (unpaired) electrons. The first kappa shape index (κ1) is 19.2. The Morgan fingerprint density at radius 3 is 2.52 bits per heavy atom. The molecule has 0 aliphatic carbocycles. The van der Waals surface area contributed by atoms with Gasteiger partial charge in [0.25, 0.3) is 0 Å². The minimum absolute atomic E-state index is 0.0152. The molecule has 130 valence electrons. The highest BCUT2D eigenvalue weighted by atomic mass is 32.1. The molecule has 1 heterocycles. The van der Waals surface area contributed by atoms with Gasteiger partial charge < -0.3 is 16.0 Å². The van der Waals surface area contributed by atoms with Crippen LogP contribution >= 0.6 is 11.3 Å². The maximum atomic E-state index is 12.5. The first-order valence-corrected chi connectivity index (χ1v) is 8.05. The number of guanidine groups is 1. The number of amides is 1. The summed E-state index contributed by atoms with van der Waals surface area (Å²) in [6.45, 7) is 5.18. The monoisotopic (exact) mass is 351 g/mol. The van der Waals surface area contributed by atoms with Crippen molar-refractivity contribution < 1.29 is 18.0 Å². The molecule has 0 aliphatic heterocycles. The van der Waals surface area contributed by atoms with Crippen molar-refractivity contribution in [3.05, 3.63) is 16.1 Å². The lowest BCUT2D eigenvalue weighted by Gasteiger charge is -2.10. The SMILES string of the molecule is CCNC(=O)CN=C(NCC)NCCc1nc(C(F)(F)F)cs1. The highest BCUT2D eigenvalue weighted by molar-refractivity contribution is 7.09. The van der Waals surface area contributed by atoms with Crippen molar-refractivity contribution in [1.82, 2.24) is 20.9 Å². The summed E-state index contributed by atoms with van der Waals surface area (Å²) >= 11 is 0.971. The largest absolute Gasteiger partial charge is 0.434 e. The Bertz CT molecular complexity index is 530. The number of rotatable bonds is 7. The third-order valence-electron chi connectivity index (χ3n) is 2.57. The quantitative estimate of drug-likeness (QED) is 0.513. The maximum Gasteiger partial charge on any atom is 0.434 e. The Morgan fingerprint density at radius 2 is 1.96 bits per heavy atom. The van der Waals surface area contributed by atoms with Crippen LogP contribution < -0.4 is 16.0 Å². The zero-order valence-corrected chi connectivity index (χ0v) is 13.8. The molecule has 0 aromatic carbocycles. The van der Waals surface area contributed by atoms with Crippen molar-refractivity contribution in [3.8, 4) is 0 Å². The Labute approximate surface area is 136 Å². The lowest BCUT2D eigenvalue weighted by Crippen LogP contribution is -2.39. The lowest BCUT2D eigenvalue weighted by atomic mass is 10.4. The molecule has 0 saturated carbocycles. The predicted octanol–water partition coefficient (Wildman–Crippen LogP) is 1.40. The third kappa shape index (κ3) is 7.31. The van der Waals surface area contributed by atoms with E-state index in [0.717, 1.165) is 16.7 Å². The van der Waals surface area contributed by atoms with E-state index in [0.29, 0.717) is 37.0 Å². The van der Waals surface area contributed by atoms with E-state index in [9.17, 15) is 18.0 Å². The topological polar surface area (TPSA) is 78.4 Å². The number of aromatic nitrogens is 1. The number of hydrogen-bond acceptors (Lipinski definition) is 4. The first-order valence-electron chi connectivity index (χ1n) is 7.17. The fourth-order valence-corrected chi connectivity index (χ4v) is 2.39. The van der Waals surface area contributed by atoms with E-state index in [1.54, 1.807) is 0 Å². The van der Waals surface area contributed by atoms with Crippen molar-refractivity contribution in [2.24, 2.45) is 4.99 Å². The van der Waals surface area contributed by atoms with Gasteiger partial charge in [-0.25, -0.2) is 9.98 Å². The van der Waals surface area contributed by atoms with E-state index in [4.69, 9.17) is 0 Å². The Balaban J connectivity index is 2.47. The van der Waals surface area contributed by atoms with Crippen LogP contribution in [0.1, 0.15) is 24.5 Å². The van der Waals surface area contributed by atoms with E-state index in [1.165, 1.54) is 0 Å². The number of nitrogens with zero attached hydrogens (tertiary/aromatic N) is 2. The van der Waals surface area contributed by atoms with Crippen molar-refractivity contribution in [1.29, 1.82) is 0 Å². The summed E-state index contributed by atoms with van der Waals surface area (Å²) in [6.07, 6.45) is -4.07. The zero-order chi connectivity index (χ0) is 17.3. The number of alkyl halides is 3. The second kappa shape index (κ2) is 9.33. The van der Waals surface area contributed by atoms with Gasteiger partial charge in [0, 0.05) is 31.4 Å². The van der Waals surface area contributed by atoms with Crippen molar-refractivity contribution in [2.45, 2.75) is 26.4 Å². The number of aliphatic imine (C=N–C) groups is 1. The van der Waals surface area contributed by atoms with Gasteiger partial charge in [-0.15, -0.1) is 11.3 Å². The number of hydrogen-bond donors (Lipinski definition) is 3. The Morgan fingerprint density at radius 1 is 1.26 bits per heavy atom. The fourth-order valence-electron chi connectivity index (χ4n) is 1.59. The molecule has 0 fully saturated rings. The average Bonchev–Trinajstić information content (AvgIpc) is 2.94. The summed E-state index contributed by atoms with van der Waals surface area (Å²) < 4.78 is 37.4. The second-order valence-electron chi connectivity index (χ2n) is 4.45. The number of thiazole rings is 1. The van der Waals surface area contributed by atoms with Gasteiger partial charge in [0.15, 0.2) is 11.7 Å². The molecule has 0 saturated heterocycles. The van der Waals surface area contributed by atoms with Gasteiger partial charge in [-0.05, 0) is 13.8 Å². The van der Waals surface area contributed by atoms with Crippen LogP contribution in [0.5, 0.6) is 0 Å². The molecule has 3 N–H and O–H groups in total. The number of nitrogens with one attached hydrogen (secondary N) is 3. The lowest BCUT2D eigenvalue weighted by molar-refractivity contribution is -0.140. The molecule has 23 heavy (non-hydrogen) atoms. The molecule has 1 aromatic heterocycles. The van der Waals surface area contributed by atoms with E-state index < -0.39 is 11.9 Å². The molecule has 1 rings (SSSR count). The highest BCUT2D eigenvalue weighted by Gasteiger charge is 2.33. The Kier molecular flexibility index (Phi) is 7.79. The number of carbonyl (C=O) groups is 1. The normalized spacial score (nSPS) is 12.1. The van der Waals surface area contributed by atoms with E-state index in [1.807, 2.05) is 13.8 Å². The second-order valence-corrected chi connectivity index (χ2v) is 5.39. The maximum absolute atomic E-state index is 12.5. The van der Waals surface area contributed by atoms with E-state index >= 15 is 0 Å². The van der Waals surface area contributed by atoms with Gasteiger partial charge in [-0.3, -0.25) is 4.79 Å². The van der Waals surface area contributed by atoms with Crippen LogP contribution in [0, 0.1) is 0 Å². The Hall–Kier alpha value is -1.84. The third-order valence-corrected chi connectivity index (χ3v) is 3.48. The van der Waals surface area contributed by atoms with Crippen LogP contribution in [-0.4, -0.2) is 43.0 Å². The number of likely N-dealkylation sites (N-methyl/N-ethyl adjacent to an activating group) is 1. The average molecular weight is 351 g/mol. The number of carbonyl (C=O) groups excluding carboxylic acids is 1. The van der Waals surface area contributed by atoms with Crippen LogP contribution in [0.3, 0.4) is 0 Å². The summed E-state index contributed by atoms with van der Waals surface area (Å²) in [4.78, 5) is 19.0. The minimum atomic E-state index is -4.41. The summed E-state index contributed by atoms with van der Waals surface area (Å²) in [5.41, 5.74) is -0.866. The molecule has 0 bridgehead atoms. The van der Waals surface area contributed by atoms with Crippen molar-refractivity contribution in [2.75, 3.05) is 26.2 Å². The standard InChI is InChI=1S/C13H20F3N5OS/c1-3-17-10(22)7-20-12(18-4-2)19-6-5-11-21-9(8-23-11)13(14,15)16/h8H,3-7H2,1-2H3,(H,17,22)(H2,18,19,20). The molecule has 0 unspecified atom stereocenters. The van der Waals surface area contributed by atoms with Gasteiger partial charge >= 0.3 is 6.18 Å². The van der Waals surface area contributed by atoms with Gasteiger partial charge in [-0.1, -0.05) is 0 Å². The molecule has 0 spiro atoms. The summed E-state index contributed by atoms with van der Waals surface area (Å²) in [5, 5.41) is 9.94. The molecular formula is C13H20F3N5OS. The van der Waals surface area contributed by atoms with Gasteiger partial charge in [0.1, 0.15) is 6.54 Å². The van der Waals surface area contributed by atoms with Gasteiger partial charge in [-0.2, -0.15) is 13.2 Å². The van der Waals surface area contributed by atoms with Crippen LogP contribution in [0.15, 0.2) is 10.4 Å². The molecule has 0 aliphatic rings. The predicted molar refractivity (Wildman–Crippen MR) is 83.5 cm³/mol. The van der Waals surface area contributed by atoms with Gasteiger partial charge in [0.05, 0.1) is 5.01 Å². The van der Waals surface area contributed by atoms with Crippen LogP contribution in [0.2, 0.25) is 0 Å². The first-order chi connectivity index (χ1) is 10.9. The van der Waals surface area contributed by atoms with Crippen molar-refractivity contribution in [3.63, 3.8) is 0 Å². The molecule has 6 nitrogen and oxygen atoms in total. The molecule has 1 aromatic rings. The molecular weight excluding hydrogens is 331 g/mol. The zero-order valence-electron chi connectivity index (χ0n) is 13.0. The highest BCUT2D eigenvalue weighted by Crippen LogP contribution is 2.29. The van der Waals surface area contributed by atoms with Crippen molar-refractivity contribution >= 4 is 23.2 Å². The van der Waals surface area contributed by atoms with E-state index in [2.05, 4.69) is 25.9 Å². The number of halogens is 3. The van der Waals surface area contributed by atoms with E-state index in [-0.39, 0.29) is 12.5 Å². The van der Waals surface area contributed by atoms with Crippen LogP contribution in [0.25, 0.3) is 0 Å². The summed E-state index contributed by atoms with van der Waals surface area (Å²) in [5.74, 6) is 0.241. The summed E-state index contributed by atoms with van der Waals surface area (Å²) in [6, 6.07) is 0. The van der Waals surface area contributed by atoms with Crippen LogP contribution in [-0.2, 0) is 17.4 Å². The van der Waals surface area contributed by atoms with Crippen LogP contribution in [0.4, 0.5) is 13.2 Å². The smallest absolute Gasteiger partial charge is 0.357 e. The molecule has 1 amide bonds.